The van der Waals surface area contributed by atoms with Crippen LogP contribution in [0.3, 0.4) is 0 Å². The third kappa shape index (κ3) is 4.67. The van der Waals surface area contributed by atoms with Crippen molar-refractivity contribution < 1.29 is 28.2 Å². The van der Waals surface area contributed by atoms with Crippen LogP contribution in [-0.2, 0) is 9.53 Å². The molecule has 0 atom stereocenters. The van der Waals surface area contributed by atoms with Gasteiger partial charge >= 0.3 is 11.9 Å². The van der Waals surface area contributed by atoms with Gasteiger partial charge in [0.15, 0.2) is 17.2 Å². The molecule has 0 unspecified atom stereocenters. The number of esters is 2. The van der Waals surface area contributed by atoms with E-state index in [1.807, 2.05) is 0 Å². The number of carbonyl (C=O) groups is 2. The number of rotatable bonds is 6. The second-order valence-corrected chi connectivity index (χ2v) is 6.79. The van der Waals surface area contributed by atoms with E-state index in [1.54, 1.807) is 61.5 Å². The Hall–Kier alpha value is -3.84. The number of hydrogen-bond acceptors (Lipinski definition) is 7. The van der Waals surface area contributed by atoms with Crippen molar-refractivity contribution in [3.05, 3.63) is 88.5 Å². The maximum atomic E-state index is 12.2. The van der Waals surface area contributed by atoms with E-state index in [9.17, 15) is 9.59 Å². The molecule has 156 valence electrons. The monoisotopic (exact) mass is 437 g/mol. The van der Waals surface area contributed by atoms with Crippen LogP contribution in [0.1, 0.15) is 28.6 Å². The number of hydrogen-bond donors (Lipinski definition) is 0. The van der Waals surface area contributed by atoms with Gasteiger partial charge in [-0.25, -0.2) is 14.6 Å². The molecule has 0 aliphatic carbocycles. The zero-order valence-corrected chi connectivity index (χ0v) is 17.1. The minimum Gasteiger partial charge on any atom is -0.490 e. The number of cyclic esters (lactones) is 1. The fourth-order valence-electron chi connectivity index (χ4n) is 2.79. The van der Waals surface area contributed by atoms with Crippen molar-refractivity contribution in [1.29, 1.82) is 0 Å². The van der Waals surface area contributed by atoms with Crippen LogP contribution >= 0.6 is 11.6 Å². The zero-order valence-electron chi connectivity index (χ0n) is 16.3. The standard InChI is InChI=1S/C23H16ClNO6/c1-2-28-20-13-14(5-10-18(20)30-23(27)19-4-3-11-29-19)12-17-22(26)31-21(25-17)15-6-8-16(24)9-7-15/h3-13H,2H2,1H3/b17-12-. The van der Waals surface area contributed by atoms with E-state index in [2.05, 4.69) is 4.99 Å². The highest BCUT2D eigenvalue weighted by molar-refractivity contribution is 6.30. The Morgan fingerprint density at radius 2 is 1.94 bits per heavy atom. The molecule has 1 aromatic heterocycles. The van der Waals surface area contributed by atoms with E-state index in [4.69, 9.17) is 30.2 Å². The van der Waals surface area contributed by atoms with Crippen LogP contribution in [0.5, 0.6) is 11.5 Å². The number of halogens is 1. The van der Waals surface area contributed by atoms with E-state index < -0.39 is 11.9 Å². The Morgan fingerprint density at radius 1 is 1.13 bits per heavy atom. The summed E-state index contributed by atoms with van der Waals surface area (Å²) in [5.74, 6) is -0.381. The normalized spacial score (nSPS) is 14.3. The fourth-order valence-corrected chi connectivity index (χ4v) is 2.92. The molecule has 0 N–H and O–H groups in total. The fraction of sp³-hybridized carbons (Fsp3) is 0.0870. The molecule has 2 heterocycles. The first-order chi connectivity index (χ1) is 15.0. The molecule has 0 saturated heterocycles. The molecule has 3 aromatic rings. The summed E-state index contributed by atoms with van der Waals surface area (Å²) in [6, 6.07) is 14.8. The number of furan rings is 1. The summed E-state index contributed by atoms with van der Waals surface area (Å²) in [6.45, 7) is 2.16. The van der Waals surface area contributed by atoms with E-state index in [1.165, 1.54) is 12.3 Å². The van der Waals surface area contributed by atoms with Crippen LogP contribution in [-0.4, -0.2) is 24.4 Å². The van der Waals surface area contributed by atoms with E-state index >= 15 is 0 Å². The second kappa shape index (κ2) is 8.89. The largest absolute Gasteiger partial charge is 0.490 e. The van der Waals surface area contributed by atoms with Gasteiger partial charge in [0, 0.05) is 10.6 Å². The van der Waals surface area contributed by atoms with Gasteiger partial charge in [-0.15, -0.1) is 0 Å². The predicted molar refractivity (Wildman–Crippen MR) is 113 cm³/mol. The lowest BCUT2D eigenvalue weighted by molar-refractivity contribution is -0.129. The summed E-state index contributed by atoms with van der Waals surface area (Å²) >= 11 is 5.89. The number of ether oxygens (including phenoxy) is 3. The van der Waals surface area contributed by atoms with Gasteiger partial charge in [0.1, 0.15) is 0 Å². The molecular weight excluding hydrogens is 422 g/mol. The van der Waals surface area contributed by atoms with E-state index in [0.29, 0.717) is 28.5 Å². The van der Waals surface area contributed by atoms with Crippen molar-refractivity contribution in [3.63, 3.8) is 0 Å². The minimum atomic E-state index is -0.645. The summed E-state index contributed by atoms with van der Waals surface area (Å²) < 4.78 is 21.3. The van der Waals surface area contributed by atoms with Crippen molar-refractivity contribution in [2.24, 2.45) is 4.99 Å². The third-order valence-corrected chi connectivity index (χ3v) is 4.46. The summed E-state index contributed by atoms with van der Waals surface area (Å²) in [7, 11) is 0. The molecule has 4 rings (SSSR count). The first kappa shape index (κ1) is 20.4. The summed E-state index contributed by atoms with van der Waals surface area (Å²) in [5, 5.41) is 0.570. The average molecular weight is 438 g/mol. The van der Waals surface area contributed by atoms with Gasteiger partial charge in [-0.05, 0) is 67.1 Å². The molecule has 0 radical (unpaired) electrons. The second-order valence-electron chi connectivity index (χ2n) is 6.35. The van der Waals surface area contributed by atoms with E-state index in [0.717, 1.165) is 0 Å². The highest BCUT2D eigenvalue weighted by Crippen LogP contribution is 2.31. The lowest BCUT2D eigenvalue weighted by Crippen LogP contribution is -2.08. The van der Waals surface area contributed by atoms with Crippen LogP contribution in [0.4, 0.5) is 0 Å². The summed E-state index contributed by atoms with van der Waals surface area (Å²) in [4.78, 5) is 28.7. The number of benzene rings is 2. The first-order valence-electron chi connectivity index (χ1n) is 9.34. The van der Waals surface area contributed by atoms with Gasteiger partial charge < -0.3 is 18.6 Å². The van der Waals surface area contributed by atoms with Gasteiger partial charge in [0.2, 0.25) is 11.7 Å². The quantitative estimate of drug-likeness (QED) is 0.310. The molecular formula is C23H16ClNO6. The van der Waals surface area contributed by atoms with Crippen LogP contribution in [0, 0.1) is 0 Å². The number of carbonyl (C=O) groups excluding carboxylic acids is 2. The van der Waals surface area contributed by atoms with Crippen LogP contribution in [0.2, 0.25) is 5.02 Å². The number of aliphatic imine (C=N–C) groups is 1. The van der Waals surface area contributed by atoms with Crippen molar-refractivity contribution in [1.82, 2.24) is 0 Å². The van der Waals surface area contributed by atoms with Crippen LogP contribution in [0.15, 0.2) is 76.0 Å². The first-order valence-corrected chi connectivity index (χ1v) is 9.72. The average Bonchev–Trinajstić information content (AvgIpc) is 3.41. The molecule has 31 heavy (non-hydrogen) atoms. The molecule has 1 aliphatic heterocycles. The zero-order chi connectivity index (χ0) is 21.8. The molecule has 7 nitrogen and oxygen atoms in total. The predicted octanol–water partition coefficient (Wildman–Crippen LogP) is 4.90. The Balaban J connectivity index is 1.59. The molecule has 0 saturated carbocycles. The molecule has 0 fully saturated rings. The lowest BCUT2D eigenvalue weighted by Gasteiger charge is -2.10. The Kier molecular flexibility index (Phi) is 5.86. The van der Waals surface area contributed by atoms with Crippen molar-refractivity contribution in [2.75, 3.05) is 6.61 Å². The third-order valence-electron chi connectivity index (χ3n) is 4.21. The maximum absolute atomic E-state index is 12.2. The van der Waals surface area contributed by atoms with Gasteiger partial charge in [-0.3, -0.25) is 0 Å². The summed E-state index contributed by atoms with van der Waals surface area (Å²) in [5.41, 5.74) is 1.39. The van der Waals surface area contributed by atoms with Crippen molar-refractivity contribution in [2.45, 2.75) is 6.92 Å². The molecule has 0 amide bonds. The van der Waals surface area contributed by atoms with Crippen molar-refractivity contribution >= 4 is 35.5 Å². The highest BCUT2D eigenvalue weighted by Gasteiger charge is 2.24. The smallest absolute Gasteiger partial charge is 0.379 e. The van der Waals surface area contributed by atoms with E-state index in [-0.39, 0.29) is 23.1 Å². The highest BCUT2D eigenvalue weighted by atomic mass is 35.5. The van der Waals surface area contributed by atoms with Gasteiger partial charge in [-0.2, -0.15) is 0 Å². The molecule has 0 spiro atoms. The molecule has 1 aliphatic rings. The Labute approximate surface area is 182 Å². The maximum Gasteiger partial charge on any atom is 0.379 e. The minimum absolute atomic E-state index is 0.0754. The topological polar surface area (TPSA) is 87.3 Å². The van der Waals surface area contributed by atoms with Gasteiger partial charge in [0.25, 0.3) is 0 Å². The molecule has 0 bridgehead atoms. The van der Waals surface area contributed by atoms with Crippen LogP contribution < -0.4 is 9.47 Å². The number of nitrogens with zero attached hydrogens (tertiary/aromatic N) is 1. The van der Waals surface area contributed by atoms with Crippen LogP contribution in [0.25, 0.3) is 6.08 Å². The Morgan fingerprint density at radius 3 is 2.65 bits per heavy atom. The SMILES string of the molecule is CCOc1cc(/C=C2\N=C(c3ccc(Cl)cc3)OC2=O)ccc1OC(=O)c1ccco1. The van der Waals surface area contributed by atoms with Gasteiger partial charge in [0.05, 0.1) is 12.9 Å². The molecule has 2 aromatic carbocycles. The Bertz CT molecular complexity index is 1180. The van der Waals surface area contributed by atoms with Gasteiger partial charge in [-0.1, -0.05) is 17.7 Å². The summed E-state index contributed by atoms with van der Waals surface area (Å²) in [6.07, 6.45) is 2.95. The molecule has 8 heteroatoms. The van der Waals surface area contributed by atoms with Crippen molar-refractivity contribution in [3.8, 4) is 11.5 Å². The lowest BCUT2D eigenvalue weighted by atomic mass is 10.1.